The Morgan fingerprint density at radius 1 is 1.27 bits per heavy atom. The summed E-state index contributed by atoms with van der Waals surface area (Å²) in [6, 6.07) is -1.34. The SMILES string of the molecule is CC(NC(CS)C(=O)O)(C(=O)O)C(=O)O. The number of aliphatic carboxylic acids is 3. The highest BCUT2D eigenvalue weighted by Crippen LogP contribution is 2.07. The number of hydrogen-bond acceptors (Lipinski definition) is 5. The van der Waals surface area contributed by atoms with Crippen molar-refractivity contribution in [1.82, 2.24) is 5.32 Å². The summed E-state index contributed by atoms with van der Waals surface area (Å²) in [5.74, 6) is -4.91. The molecule has 0 fully saturated rings. The maximum atomic E-state index is 10.7. The number of thiol groups is 1. The summed E-state index contributed by atoms with van der Waals surface area (Å²) in [5, 5.41) is 27.9. The van der Waals surface area contributed by atoms with E-state index in [9.17, 15) is 14.4 Å². The molecule has 86 valence electrons. The highest BCUT2D eigenvalue weighted by molar-refractivity contribution is 7.80. The lowest BCUT2D eigenvalue weighted by Gasteiger charge is -2.24. The molecule has 0 aromatic heterocycles. The quantitative estimate of drug-likeness (QED) is 0.293. The van der Waals surface area contributed by atoms with Crippen LogP contribution in [0.3, 0.4) is 0 Å². The standard InChI is InChI=1S/C7H11NO6S/c1-7(5(11)12,6(13)14)8-3(2-15)4(9)10/h3,8,15H,2H2,1H3,(H,9,10)(H,11,12)(H,13,14). The van der Waals surface area contributed by atoms with Gasteiger partial charge in [-0.15, -0.1) is 0 Å². The van der Waals surface area contributed by atoms with E-state index in [0.717, 1.165) is 6.92 Å². The van der Waals surface area contributed by atoms with Gasteiger partial charge in [0.15, 0.2) is 0 Å². The van der Waals surface area contributed by atoms with Gasteiger partial charge in [-0.2, -0.15) is 12.6 Å². The molecule has 0 aliphatic heterocycles. The molecule has 0 amide bonds. The lowest BCUT2D eigenvalue weighted by atomic mass is 10.0. The van der Waals surface area contributed by atoms with Gasteiger partial charge in [0, 0.05) is 5.75 Å². The van der Waals surface area contributed by atoms with Crippen molar-refractivity contribution in [1.29, 1.82) is 0 Å². The first kappa shape index (κ1) is 13.7. The van der Waals surface area contributed by atoms with Crippen LogP contribution >= 0.6 is 12.6 Å². The Kier molecular flexibility index (Phi) is 4.56. The molecule has 4 N–H and O–H groups in total. The first-order valence-corrected chi connectivity index (χ1v) is 4.47. The fourth-order valence-corrected chi connectivity index (χ4v) is 0.996. The second kappa shape index (κ2) is 4.99. The van der Waals surface area contributed by atoms with E-state index < -0.39 is 29.5 Å². The predicted octanol–water partition coefficient (Wildman–Crippen LogP) is -1.11. The average Bonchev–Trinajstić information content (AvgIpc) is 2.12. The largest absolute Gasteiger partial charge is 0.480 e. The van der Waals surface area contributed by atoms with Gasteiger partial charge in [-0.05, 0) is 6.92 Å². The lowest BCUT2D eigenvalue weighted by Crippen LogP contribution is -2.61. The Morgan fingerprint density at radius 3 is 1.87 bits per heavy atom. The van der Waals surface area contributed by atoms with Crippen LogP contribution in [0.25, 0.3) is 0 Å². The van der Waals surface area contributed by atoms with Crippen molar-refractivity contribution in [2.75, 3.05) is 5.75 Å². The molecule has 0 aliphatic carbocycles. The Bertz CT molecular complexity index is 277. The fraction of sp³-hybridized carbons (Fsp3) is 0.571. The number of nitrogens with one attached hydrogen (secondary N) is 1. The highest BCUT2D eigenvalue weighted by atomic mass is 32.1. The van der Waals surface area contributed by atoms with E-state index in [0.29, 0.717) is 0 Å². The van der Waals surface area contributed by atoms with Crippen LogP contribution in [0, 0.1) is 0 Å². The minimum Gasteiger partial charge on any atom is -0.480 e. The third-order valence-electron chi connectivity index (χ3n) is 1.80. The summed E-state index contributed by atoms with van der Waals surface area (Å²) < 4.78 is 0. The molecule has 0 saturated heterocycles. The number of carboxylic acids is 3. The van der Waals surface area contributed by atoms with Crippen LogP contribution < -0.4 is 5.32 Å². The maximum absolute atomic E-state index is 10.7. The molecular weight excluding hydrogens is 226 g/mol. The van der Waals surface area contributed by atoms with Gasteiger partial charge in [0.2, 0.25) is 5.54 Å². The molecule has 0 rings (SSSR count). The van der Waals surface area contributed by atoms with E-state index in [1.807, 2.05) is 5.32 Å². The molecule has 1 atom stereocenters. The van der Waals surface area contributed by atoms with Crippen LogP contribution in [-0.2, 0) is 14.4 Å². The zero-order valence-electron chi connectivity index (χ0n) is 7.80. The van der Waals surface area contributed by atoms with Crippen LogP contribution in [0.5, 0.6) is 0 Å². The second-order valence-electron chi connectivity index (χ2n) is 2.95. The molecular formula is C7H11NO6S. The lowest BCUT2D eigenvalue weighted by molar-refractivity contribution is -0.159. The summed E-state index contributed by atoms with van der Waals surface area (Å²) in [5.41, 5.74) is -2.34. The van der Waals surface area contributed by atoms with Crippen molar-refractivity contribution in [3.8, 4) is 0 Å². The van der Waals surface area contributed by atoms with Crippen molar-refractivity contribution in [2.45, 2.75) is 18.5 Å². The van der Waals surface area contributed by atoms with E-state index in [1.54, 1.807) is 0 Å². The van der Waals surface area contributed by atoms with Gasteiger partial charge in [-0.1, -0.05) is 0 Å². The van der Waals surface area contributed by atoms with Crippen LogP contribution in [-0.4, -0.2) is 50.6 Å². The zero-order chi connectivity index (χ0) is 12.2. The Balaban J connectivity index is 4.91. The van der Waals surface area contributed by atoms with Crippen LogP contribution in [0.2, 0.25) is 0 Å². The third kappa shape index (κ3) is 3.10. The highest BCUT2D eigenvalue weighted by Gasteiger charge is 2.44. The van der Waals surface area contributed by atoms with Crippen molar-refractivity contribution < 1.29 is 29.7 Å². The molecule has 0 spiro atoms. The topological polar surface area (TPSA) is 124 Å². The summed E-state index contributed by atoms with van der Waals surface area (Å²) >= 11 is 3.67. The van der Waals surface area contributed by atoms with Gasteiger partial charge in [-0.25, -0.2) is 9.59 Å². The Morgan fingerprint density at radius 2 is 1.67 bits per heavy atom. The average molecular weight is 237 g/mol. The smallest absolute Gasteiger partial charge is 0.335 e. The number of hydrogen-bond donors (Lipinski definition) is 5. The molecule has 0 saturated carbocycles. The first-order valence-electron chi connectivity index (χ1n) is 3.84. The van der Waals surface area contributed by atoms with Gasteiger partial charge >= 0.3 is 17.9 Å². The van der Waals surface area contributed by atoms with E-state index in [2.05, 4.69) is 12.6 Å². The van der Waals surface area contributed by atoms with Gasteiger partial charge < -0.3 is 15.3 Å². The molecule has 0 aliphatic rings. The summed E-state index contributed by atoms with van der Waals surface area (Å²) in [4.78, 5) is 31.9. The van der Waals surface area contributed by atoms with Gasteiger partial charge in [0.05, 0.1) is 0 Å². The Hall–Kier alpha value is -1.28. The monoisotopic (exact) mass is 237 g/mol. The van der Waals surface area contributed by atoms with Crippen molar-refractivity contribution >= 4 is 30.5 Å². The van der Waals surface area contributed by atoms with Gasteiger partial charge in [0.1, 0.15) is 6.04 Å². The summed E-state index contributed by atoms with van der Waals surface area (Å²) in [7, 11) is 0. The second-order valence-corrected chi connectivity index (χ2v) is 3.32. The minimum atomic E-state index is -2.34. The third-order valence-corrected chi connectivity index (χ3v) is 2.16. The normalized spacial score (nSPS) is 13.2. The molecule has 0 aromatic rings. The zero-order valence-corrected chi connectivity index (χ0v) is 8.69. The molecule has 0 bridgehead atoms. The first-order chi connectivity index (χ1) is 6.75. The molecule has 1 unspecified atom stereocenters. The molecule has 7 nitrogen and oxygen atoms in total. The van der Waals surface area contributed by atoms with E-state index in [4.69, 9.17) is 15.3 Å². The van der Waals surface area contributed by atoms with Crippen LogP contribution in [0.4, 0.5) is 0 Å². The Labute approximate surface area is 90.5 Å². The number of carbonyl (C=O) groups is 3. The number of rotatable bonds is 6. The number of carboxylic acid groups (broad SMARTS) is 3. The summed E-state index contributed by atoms with van der Waals surface area (Å²) in [6.45, 7) is 0.872. The molecule has 0 heterocycles. The van der Waals surface area contributed by atoms with Crippen molar-refractivity contribution in [3.63, 3.8) is 0 Å². The summed E-state index contributed by atoms with van der Waals surface area (Å²) in [6.07, 6.45) is 0. The van der Waals surface area contributed by atoms with Crippen molar-refractivity contribution in [2.24, 2.45) is 0 Å². The van der Waals surface area contributed by atoms with Crippen molar-refractivity contribution in [3.05, 3.63) is 0 Å². The van der Waals surface area contributed by atoms with E-state index in [-0.39, 0.29) is 5.75 Å². The maximum Gasteiger partial charge on any atom is 0.335 e. The minimum absolute atomic E-state index is 0.217. The van der Waals surface area contributed by atoms with Gasteiger partial charge in [-0.3, -0.25) is 10.1 Å². The van der Waals surface area contributed by atoms with Gasteiger partial charge in [0.25, 0.3) is 0 Å². The van der Waals surface area contributed by atoms with Crippen LogP contribution in [0.1, 0.15) is 6.92 Å². The predicted molar refractivity (Wildman–Crippen MR) is 52.1 cm³/mol. The molecule has 0 radical (unpaired) electrons. The molecule has 0 aromatic carbocycles. The van der Waals surface area contributed by atoms with Crippen LogP contribution in [0.15, 0.2) is 0 Å². The van der Waals surface area contributed by atoms with E-state index >= 15 is 0 Å². The van der Waals surface area contributed by atoms with E-state index in [1.165, 1.54) is 0 Å². The molecule has 8 heteroatoms. The molecule has 15 heavy (non-hydrogen) atoms. The fourth-order valence-electron chi connectivity index (χ4n) is 0.749.